The molecule has 2 fully saturated rings. The van der Waals surface area contributed by atoms with Gasteiger partial charge >= 0.3 is 7.25 Å². The molecule has 1 aliphatic carbocycles. The van der Waals surface area contributed by atoms with Crippen molar-refractivity contribution in [1.82, 2.24) is 0 Å². The second-order valence-corrected chi connectivity index (χ2v) is 15.6. The van der Waals surface area contributed by atoms with Gasteiger partial charge in [0.15, 0.2) is 0 Å². The summed E-state index contributed by atoms with van der Waals surface area (Å²) in [5.74, 6) is 0. The Morgan fingerprint density at radius 2 is 0.824 bits per heavy atom. The molecular formula is C26H40BF4P2Rh-. The number of rotatable bonds is 2. The zero-order valence-corrected chi connectivity index (χ0v) is 24.3. The first-order valence-electron chi connectivity index (χ1n) is 12.4. The first kappa shape index (κ1) is 32.0. The molecule has 195 valence electrons. The number of hydrogen-bond acceptors (Lipinski definition) is 0. The molecule has 1 aromatic carbocycles. The van der Waals surface area contributed by atoms with E-state index in [-0.39, 0.29) is 35.3 Å². The van der Waals surface area contributed by atoms with Crippen LogP contribution in [0.15, 0.2) is 48.6 Å². The predicted molar refractivity (Wildman–Crippen MR) is 143 cm³/mol. The van der Waals surface area contributed by atoms with Crippen LogP contribution < -0.4 is 10.6 Å². The molecule has 2 saturated heterocycles. The Bertz CT molecular complexity index is 676. The van der Waals surface area contributed by atoms with E-state index in [0.717, 1.165) is 22.6 Å². The fourth-order valence-corrected chi connectivity index (χ4v) is 12.3. The van der Waals surface area contributed by atoms with Gasteiger partial charge in [-0.2, -0.15) is 0 Å². The van der Waals surface area contributed by atoms with Gasteiger partial charge in [-0.1, -0.05) is 92.1 Å². The van der Waals surface area contributed by atoms with Crippen LogP contribution >= 0.6 is 15.8 Å². The quantitative estimate of drug-likeness (QED) is 0.137. The van der Waals surface area contributed by atoms with Crippen LogP contribution in [0.1, 0.15) is 79.1 Å². The summed E-state index contributed by atoms with van der Waals surface area (Å²) in [6, 6.07) is 9.55. The van der Waals surface area contributed by atoms with Crippen molar-refractivity contribution in [2.24, 2.45) is 0 Å². The maximum Gasteiger partial charge on any atom is 0.673 e. The van der Waals surface area contributed by atoms with Crippen molar-refractivity contribution < 1.29 is 36.7 Å². The Labute approximate surface area is 220 Å². The van der Waals surface area contributed by atoms with E-state index >= 15 is 0 Å². The van der Waals surface area contributed by atoms with Crippen molar-refractivity contribution >= 4 is 33.7 Å². The molecule has 1 aromatic rings. The van der Waals surface area contributed by atoms with Crippen LogP contribution in [0.25, 0.3) is 0 Å². The van der Waals surface area contributed by atoms with Crippen molar-refractivity contribution in [2.45, 2.75) is 102 Å². The summed E-state index contributed by atoms with van der Waals surface area (Å²) in [5, 5.41) is 3.57. The minimum Gasteiger partial charge on any atom is -0.418 e. The summed E-state index contributed by atoms with van der Waals surface area (Å²) < 4.78 is 39.0. The second-order valence-electron chi connectivity index (χ2n) is 9.45. The maximum atomic E-state index is 9.75. The third-order valence-corrected chi connectivity index (χ3v) is 13.6. The SMILES string of the molecule is C1=C\CC/C=C\CC/1.CC1CC[C@@H](C)P1c1ccccc1P1[C@H](C)CC[C@H]1C.F[B-](F)(F)F.[Rh]. The van der Waals surface area contributed by atoms with Crippen LogP contribution in [0.4, 0.5) is 17.3 Å². The van der Waals surface area contributed by atoms with Gasteiger partial charge in [0.1, 0.15) is 0 Å². The topological polar surface area (TPSA) is 0 Å². The zero-order chi connectivity index (χ0) is 24.4. The number of halogens is 4. The summed E-state index contributed by atoms with van der Waals surface area (Å²) in [7, 11) is -5.84. The average Bonchev–Trinajstić information content (AvgIpc) is 3.21. The van der Waals surface area contributed by atoms with Gasteiger partial charge < -0.3 is 17.3 Å². The van der Waals surface area contributed by atoms with Crippen molar-refractivity contribution in [3.05, 3.63) is 48.6 Å². The molecule has 0 saturated carbocycles. The molecule has 34 heavy (non-hydrogen) atoms. The molecule has 1 radical (unpaired) electrons. The molecule has 2 heterocycles. The minimum atomic E-state index is -6.00. The van der Waals surface area contributed by atoms with E-state index in [4.69, 9.17) is 0 Å². The largest absolute Gasteiger partial charge is 0.673 e. The van der Waals surface area contributed by atoms with Crippen LogP contribution in [-0.2, 0) is 19.5 Å². The predicted octanol–water partition coefficient (Wildman–Crippen LogP) is 9.01. The third-order valence-electron chi connectivity index (χ3n) is 6.68. The van der Waals surface area contributed by atoms with Gasteiger partial charge in [-0.15, -0.1) is 0 Å². The first-order valence-corrected chi connectivity index (χ1v) is 15.4. The smallest absolute Gasteiger partial charge is 0.418 e. The van der Waals surface area contributed by atoms with Crippen LogP contribution in [0.5, 0.6) is 0 Å². The zero-order valence-electron chi connectivity index (χ0n) is 20.9. The number of allylic oxidation sites excluding steroid dienone is 4. The minimum absolute atomic E-state index is 0. The van der Waals surface area contributed by atoms with E-state index in [1.54, 1.807) is 10.6 Å². The Kier molecular flexibility index (Phi) is 15.0. The Morgan fingerprint density at radius 3 is 1.06 bits per heavy atom. The van der Waals surface area contributed by atoms with Gasteiger partial charge in [0, 0.05) is 19.5 Å². The summed E-state index contributed by atoms with van der Waals surface area (Å²) in [6.07, 6.45) is 19.8. The summed E-state index contributed by atoms with van der Waals surface area (Å²) in [6.45, 7) is 10.0. The van der Waals surface area contributed by atoms with Gasteiger partial charge in [0.05, 0.1) is 0 Å². The molecule has 3 aliphatic rings. The monoisotopic (exact) mass is 604 g/mol. The fraction of sp³-hybridized carbons (Fsp3) is 0.615. The van der Waals surface area contributed by atoms with E-state index in [1.165, 1.54) is 51.4 Å². The third kappa shape index (κ3) is 10.9. The second kappa shape index (κ2) is 15.9. The van der Waals surface area contributed by atoms with Gasteiger partial charge in [-0.3, -0.25) is 0 Å². The molecule has 0 aromatic heterocycles. The van der Waals surface area contributed by atoms with Crippen molar-refractivity contribution in [1.29, 1.82) is 0 Å². The van der Waals surface area contributed by atoms with Gasteiger partial charge in [0.25, 0.3) is 0 Å². The Morgan fingerprint density at radius 1 is 0.588 bits per heavy atom. The van der Waals surface area contributed by atoms with E-state index in [9.17, 15) is 17.3 Å². The number of benzene rings is 1. The van der Waals surface area contributed by atoms with Crippen molar-refractivity contribution in [3.8, 4) is 0 Å². The Hall–Kier alpha value is -0.0317. The van der Waals surface area contributed by atoms with Gasteiger partial charge in [-0.05, 0) is 84.6 Å². The summed E-state index contributed by atoms with van der Waals surface area (Å²) in [4.78, 5) is 0. The molecule has 5 atom stereocenters. The molecule has 8 heteroatoms. The van der Waals surface area contributed by atoms with Crippen molar-refractivity contribution in [2.75, 3.05) is 0 Å². The van der Waals surface area contributed by atoms with Crippen LogP contribution in [0, 0.1) is 0 Å². The molecule has 0 bridgehead atoms. The molecule has 0 N–H and O–H groups in total. The Balaban J connectivity index is 0.000000343. The normalized spacial score (nSPS) is 31.0. The molecule has 0 spiro atoms. The van der Waals surface area contributed by atoms with Crippen LogP contribution in [0.2, 0.25) is 0 Å². The molecule has 0 nitrogen and oxygen atoms in total. The van der Waals surface area contributed by atoms with Crippen LogP contribution in [0.3, 0.4) is 0 Å². The van der Waals surface area contributed by atoms with Gasteiger partial charge in [0.2, 0.25) is 0 Å². The molecule has 0 amide bonds. The molecule has 2 aliphatic heterocycles. The summed E-state index contributed by atoms with van der Waals surface area (Å²) in [5.41, 5.74) is 3.74. The van der Waals surface area contributed by atoms with E-state index in [2.05, 4.69) is 76.3 Å². The van der Waals surface area contributed by atoms with Gasteiger partial charge in [-0.25, -0.2) is 0 Å². The molecule has 4 rings (SSSR count). The standard InChI is InChI=1S/C18H28P2.C8H12.BF4.Rh/c1-13-9-10-14(2)19(13)17-7-5-6-8-18(17)20-15(3)11-12-16(20)4;1-2-4-6-8-7-5-3-1;2-1(3,4)5;/h5-8,13-16H,9-12H2,1-4H3;1-2,7-8H,3-6H2;;/q;;-1;/b;2-1-,8-7-;;/t13-,14-,15-,16?,20?;;;/m1.../s1. The number of hydrogen-bond donors (Lipinski definition) is 0. The van der Waals surface area contributed by atoms with E-state index in [1.807, 2.05) is 0 Å². The van der Waals surface area contributed by atoms with Crippen molar-refractivity contribution in [3.63, 3.8) is 0 Å². The van der Waals surface area contributed by atoms with E-state index in [0.29, 0.717) is 0 Å². The molecule has 2 unspecified atom stereocenters. The molecular weight excluding hydrogens is 564 g/mol. The van der Waals surface area contributed by atoms with E-state index < -0.39 is 7.25 Å². The maximum absolute atomic E-state index is 9.75. The first-order chi connectivity index (χ1) is 15.6. The average molecular weight is 604 g/mol. The fourth-order valence-electron chi connectivity index (χ4n) is 5.10. The summed E-state index contributed by atoms with van der Waals surface area (Å²) >= 11 is 0. The van der Waals surface area contributed by atoms with Crippen LogP contribution in [-0.4, -0.2) is 29.9 Å².